The normalized spacial score (nSPS) is 35.0. The fourth-order valence-corrected chi connectivity index (χ4v) is 8.79. The molecule has 3 fully saturated rings. The van der Waals surface area contributed by atoms with Crippen LogP contribution in [0.1, 0.15) is 70.8 Å². The van der Waals surface area contributed by atoms with E-state index in [1.807, 2.05) is 6.92 Å². The number of rotatable bonds is 3. The number of nitrogens with one attached hydrogen (secondary N) is 1. The fraction of sp³-hybridized carbons (Fsp3) is 0.655. The number of hydrogen-bond donors (Lipinski definition) is 1. The minimum absolute atomic E-state index is 0.0182. The first kappa shape index (κ1) is 28.5. The third kappa shape index (κ3) is 4.24. The molecule has 1 aromatic carbocycles. The molecule has 4 aliphatic carbocycles. The Kier molecular flexibility index (Phi) is 6.76. The molecule has 1 N–H and O–H groups in total. The summed E-state index contributed by atoms with van der Waals surface area (Å²) in [7, 11) is 0. The molecule has 0 bridgehead atoms. The average Bonchev–Trinajstić information content (AvgIpc) is 3.19. The van der Waals surface area contributed by atoms with Gasteiger partial charge in [-0.25, -0.2) is 0 Å². The molecule has 0 aliphatic heterocycles. The standard InChI is InChI=1S/C29H32ClF6NO2/c1-25-13-11-19(38)15-17(25)5-8-20-21-9-10-23(26(21,2)14-12-22(20)25)24(39)37-27(28(31,32)33,29(34,35)36)16-3-6-18(30)7-4-16/h3-4,6-7,15,20-23H,5,8-14H2,1-2H3,(H,37,39)/t20-,21-,22+,23?,25-,26-/m0/s1. The summed E-state index contributed by atoms with van der Waals surface area (Å²) in [6.45, 7) is 4.06. The highest BCUT2D eigenvalue weighted by atomic mass is 35.5. The van der Waals surface area contributed by atoms with Crippen molar-refractivity contribution in [3.63, 3.8) is 0 Å². The predicted molar refractivity (Wildman–Crippen MR) is 134 cm³/mol. The Morgan fingerprint density at radius 2 is 1.54 bits per heavy atom. The summed E-state index contributed by atoms with van der Waals surface area (Å²) in [6.07, 6.45) is -5.01. The molecule has 4 aliphatic rings. The van der Waals surface area contributed by atoms with E-state index in [1.165, 1.54) is 10.9 Å². The monoisotopic (exact) mass is 575 g/mol. The van der Waals surface area contributed by atoms with Crippen LogP contribution in [-0.2, 0) is 15.1 Å². The van der Waals surface area contributed by atoms with E-state index in [-0.39, 0.29) is 40.4 Å². The second-order valence-electron chi connectivity index (χ2n) is 12.4. The SMILES string of the molecule is C[C@]12CCC(=O)C=C1CC[C@@H]1[C@H]2CC[C@]2(C)C(C(=O)NC(c3ccc(Cl)cc3)(C(F)(F)F)C(F)(F)F)CC[C@@H]12. The molecule has 0 radical (unpaired) electrons. The minimum Gasteiger partial charge on any atom is -0.331 e. The zero-order chi connectivity index (χ0) is 28.6. The average molecular weight is 576 g/mol. The zero-order valence-corrected chi connectivity index (χ0v) is 22.6. The van der Waals surface area contributed by atoms with Crippen molar-refractivity contribution in [3.05, 3.63) is 46.5 Å². The highest BCUT2D eigenvalue weighted by molar-refractivity contribution is 6.30. The van der Waals surface area contributed by atoms with Gasteiger partial charge in [0.2, 0.25) is 5.91 Å². The first-order valence-electron chi connectivity index (χ1n) is 13.5. The maximum absolute atomic E-state index is 14.4. The highest BCUT2D eigenvalue weighted by Gasteiger charge is 2.73. The number of carbonyl (C=O) groups excluding carboxylic acids is 2. The van der Waals surface area contributed by atoms with Crippen molar-refractivity contribution in [2.45, 2.75) is 83.1 Å². The van der Waals surface area contributed by atoms with Gasteiger partial charge in [-0.3, -0.25) is 9.59 Å². The molecule has 1 aromatic rings. The Hall–Kier alpha value is -2.03. The van der Waals surface area contributed by atoms with Crippen LogP contribution in [0.4, 0.5) is 26.3 Å². The van der Waals surface area contributed by atoms with E-state index in [0.717, 1.165) is 37.8 Å². The van der Waals surface area contributed by atoms with Gasteiger partial charge in [-0.2, -0.15) is 26.3 Å². The number of alkyl halides is 6. The van der Waals surface area contributed by atoms with Crippen molar-refractivity contribution in [2.24, 2.45) is 34.5 Å². The van der Waals surface area contributed by atoms with Crippen molar-refractivity contribution in [1.29, 1.82) is 0 Å². The third-order valence-corrected chi connectivity index (χ3v) is 11.0. The Balaban J connectivity index is 1.46. The van der Waals surface area contributed by atoms with Crippen LogP contribution in [0.3, 0.4) is 0 Å². The Bertz CT molecular complexity index is 1180. The summed E-state index contributed by atoms with van der Waals surface area (Å²) in [5.74, 6) is -1.54. The molecule has 214 valence electrons. The van der Waals surface area contributed by atoms with Crippen LogP contribution in [0, 0.1) is 34.5 Å². The van der Waals surface area contributed by atoms with Gasteiger partial charge < -0.3 is 5.32 Å². The van der Waals surface area contributed by atoms with Crippen LogP contribution in [0.25, 0.3) is 0 Å². The molecule has 10 heteroatoms. The molecule has 0 heterocycles. The Morgan fingerprint density at radius 1 is 0.897 bits per heavy atom. The molecule has 1 amide bonds. The van der Waals surface area contributed by atoms with Gasteiger partial charge in [0, 0.05) is 17.4 Å². The first-order valence-corrected chi connectivity index (χ1v) is 13.9. The Labute approximate surface area is 228 Å². The molecule has 3 nitrogen and oxygen atoms in total. The number of benzene rings is 1. The van der Waals surface area contributed by atoms with Crippen molar-refractivity contribution in [2.75, 3.05) is 0 Å². The largest absolute Gasteiger partial charge is 0.424 e. The van der Waals surface area contributed by atoms with Gasteiger partial charge in [-0.05, 0) is 97.3 Å². The van der Waals surface area contributed by atoms with E-state index in [4.69, 9.17) is 11.6 Å². The number of fused-ring (bicyclic) bond motifs is 5. The van der Waals surface area contributed by atoms with Crippen LogP contribution in [0.15, 0.2) is 35.9 Å². The van der Waals surface area contributed by atoms with E-state index >= 15 is 0 Å². The molecule has 39 heavy (non-hydrogen) atoms. The lowest BCUT2D eigenvalue weighted by Crippen LogP contribution is -2.66. The highest BCUT2D eigenvalue weighted by Crippen LogP contribution is 2.67. The van der Waals surface area contributed by atoms with Gasteiger partial charge in [0.15, 0.2) is 5.78 Å². The van der Waals surface area contributed by atoms with Crippen molar-refractivity contribution in [3.8, 4) is 0 Å². The second kappa shape index (κ2) is 9.25. The molecule has 0 saturated heterocycles. The molecule has 5 rings (SSSR count). The van der Waals surface area contributed by atoms with Gasteiger partial charge >= 0.3 is 12.4 Å². The summed E-state index contributed by atoms with van der Waals surface area (Å²) in [4.78, 5) is 25.6. The van der Waals surface area contributed by atoms with Gasteiger partial charge in [-0.1, -0.05) is 43.2 Å². The summed E-state index contributed by atoms with van der Waals surface area (Å²) in [6, 6.07) is 3.23. The number of amides is 1. The molecule has 6 atom stereocenters. The van der Waals surface area contributed by atoms with Crippen LogP contribution in [0.2, 0.25) is 5.02 Å². The second-order valence-corrected chi connectivity index (χ2v) is 12.8. The molecule has 3 saturated carbocycles. The maximum atomic E-state index is 14.4. The topological polar surface area (TPSA) is 46.2 Å². The maximum Gasteiger partial charge on any atom is 0.424 e. The number of carbonyl (C=O) groups is 2. The van der Waals surface area contributed by atoms with Crippen molar-refractivity contribution < 1.29 is 35.9 Å². The summed E-state index contributed by atoms with van der Waals surface area (Å²) < 4.78 is 86.3. The van der Waals surface area contributed by atoms with Crippen LogP contribution in [0.5, 0.6) is 0 Å². The summed E-state index contributed by atoms with van der Waals surface area (Å²) in [5, 5.41) is 1.48. The molecular formula is C29H32ClF6NO2. The van der Waals surface area contributed by atoms with Crippen LogP contribution >= 0.6 is 11.6 Å². The fourth-order valence-electron chi connectivity index (χ4n) is 8.66. The number of halogens is 7. The van der Waals surface area contributed by atoms with E-state index < -0.39 is 40.7 Å². The van der Waals surface area contributed by atoms with Gasteiger partial charge in [0.1, 0.15) is 0 Å². The van der Waals surface area contributed by atoms with E-state index in [1.54, 1.807) is 6.08 Å². The van der Waals surface area contributed by atoms with Crippen molar-refractivity contribution >= 4 is 23.3 Å². The Morgan fingerprint density at radius 3 is 2.15 bits per heavy atom. The summed E-state index contributed by atoms with van der Waals surface area (Å²) in [5.41, 5.74) is -5.36. The van der Waals surface area contributed by atoms with Gasteiger partial charge in [0.05, 0.1) is 0 Å². The number of hydrogen-bond acceptors (Lipinski definition) is 2. The molecule has 0 spiro atoms. The number of allylic oxidation sites excluding steroid dienone is 1. The lowest BCUT2D eigenvalue weighted by atomic mass is 9.47. The quantitative estimate of drug-likeness (QED) is 0.372. The van der Waals surface area contributed by atoms with Gasteiger partial charge in [-0.15, -0.1) is 0 Å². The predicted octanol–water partition coefficient (Wildman–Crippen LogP) is 7.92. The van der Waals surface area contributed by atoms with E-state index in [9.17, 15) is 35.9 Å². The van der Waals surface area contributed by atoms with Crippen LogP contribution < -0.4 is 5.32 Å². The lowest BCUT2D eigenvalue weighted by molar-refractivity contribution is -0.312. The molecular weight excluding hydrogens is 544 g/mol. The van der Waals surface area contributed by atoms with Crippen LogP contribution in [-0.4, -0.2) is 24.0 Å². The minimum atomic E-state index is -5.84. The smallest absolute Gasteiger partial charge is 0.331 e. The number of ketones is 1. The lowest BCUT2D eigenvalue weighted by Gasteiger charge is -2.58. The van der Waals surface area contributed by atoms with E-state index in [0.29, 0.717) is 31.4 Å². The summed E-state index contributed by atoms with van der Waals surface area (Å²) >= 11 is 5.74. The van der Waals surface area contributed by atoms with Crippen molar-refractivity contribution in [1.82, 2.24) is 5.32 Å². The molecule has 1 unspecified atom stereocenters. The van der Waals surface area contributed by atoms with Gasteiger partial charge in [0.25, 0.3) is 5.54 Å². The van der Waals surface area contributed by atoms with E-state index in [2.05, 4.69) is 6.92 Å². The molecule has 0 aromatic heterocycles. The zero-order valence-electron chi connectivity index (χ0n) is 21.8. The first-order chi connectivity index (χ1) is 18.0. The third-order valence-electron chi connectivity index (χ3n) is 10.7.